The largest absolute Gasteiger partial charge is 0.383 e. The van der Waals surface area contributed by atoms with Crippen LogP contribution in [0.25, 0.3) is 0 Å². The van der Waals surface area contributed by atoms with Gasteiger partial charge in [0.05, 0.1) is 12.2 Å². The molecule has 0 aliphatic carbocycles. The molecule has 14 heavy (non-hydrogen) atoms. The Balaban J connectivity index is 2.36. The summed E-state index contributed by atoms with van der Waals surface area (Å²) in [5.74, 6) is 0.521. The van der Waals surface area contributed by atoms with Crippen molar-refractivity contribution in [2.75, 3.05) is 5.73 Å². The summed E-state index contributed by atoms with van der Waals surface area (Å²) < 4.78 is 1.73. The van der Waals surface area contributed by atoms with Crippen molar-refractivity contribution in [3.63, 3.8) is 0 Å². The summed E-state index contributed by atoms with van der Waals surface area (Å²) in [6, 6.07) is 4.21. The van der Waals surface area contributed by atoms with Gasteiger partial charge in [0.1, 0.15) is 10.8 Å². The summed E-state index contributed by atoms with van der Waals surface area (Å²) in [4.78, 5) is 1.22. The number of nitrogen functional groups attached to an aromatic ring is 1. The minimum absolute atomic E-state index is 0.141. The van der Waals surface area contributed by atoms with E-state index >= 15 is 0 Å². The van der Waals surface area contributed by atoms with Crippen LogP contribution in [0, 0.1) is 0 Å². The summed E-state index contributed by atoms with van der Waals surface area (Å²) >= 11 is 7.51. The van der Waals surface area contributed by atoms with Gasteiger partial charge in [-0.05, 0) is 18.4 Å². The smallest absolute Gasteiger partial charge is 0.141 e. The molecule has 2 heterocycles. The average molecular weight is 228 g/mol. The number of rotatable bonds is 2. The van der Waals surface area contributed by atoms with E-state index < -0.39 is 0 Å². The Hall–Kier alpha value is -1.00. The Morgan fingerprint density at radius 1 is 1.64 bits per heavy atom. The third-order valence-electron chi connectivity index (χ3n) is 2.11. The quantitative estimate of drug-likeness (QED) is 0.858. The second-order valence-electron chi connectivity index (χ2n) is 3.01. The molecular formula is C9H10ClN3S. The molecule has 0 saturated heterocycles. The van der Waals surface area contributed by atoms with E-state index in [1.165, 1.54) is 4.88 Å². The first-order valence-electron chi connectivity index (χ1n) is 4.22. The molecule has 0 aromatic carbocycles. The molecule has 0 spiro atoms. The standard InChI is InChI=1S/C9H10ClN3S/c1-6(8-3-2-4-14-8)13-9(11)7(10)5-12-13/h2-6H,11H2,1H3. The lowest BCUT2D eigenvalue weighted by atomic mass is 10.3. The minimum Gasteiger partial charge on any atom is -0.383 e. The predicted octanol–water partition coefficient (Wildman–Crippen LogP) is 2.79. The zero-order valence-electron chi connectivity index (χ0n) is 7.64. The molecule has 2 aromatic rings. The molecule has 0 bridgehead atoms. The number of nitrogens with two attached hydrogens (primary N) is 1. The highest BCUT2D eigenvalue weighted by atomic mass is 35.5. The van der Waals surface area contributed by atoms with Gasteiger partial charge in [-0.15, -0.1) is 11.3 Å². The maximum Gasteiger partial charge on any atom is 0.141 e. The van der Waals surface area contributed by atoms with Crippen LogP contribution in [-0.2, 0) is 0 Å². The summed E-state index contributed by atoms with van der Waals surface area (Å²) in [6.07, 6.45) is 1.57. The maximum atomic E-state index is 5.83. The van der Waals surface area contributed by atoms with Crippen LogP contribution in [-0.4, -0.2) is 9.78 Å². The van der Waals surface area contributed by atoms with Crippen LogP contribution in [0.4, 0.5) is 5.82 Å². The topological polar surface area (TPSA) is 43.8 Å². The van der Waals surface area contributed by atoms with Gasteiger partial charge >= 0.3 is 0 Å². The van der Waals surface area contributed by atoms with E-state index in [1.54, 1.807) is 22.2 Å². The van der Waals surface area contributed by atoms with Gasteiger partial charge in [0, 0.05) is 4.88 Å². The molecule has 74 valence electrons. The third kappa shape index (κ3) is 1.51. The van der Waals surface area contributed by atoms with E-state index in [-0.39, 0.29) is 6.04 Å². The molecule has 5 heteroatoms. The van der Waals surface area contributed by atoms with E-state index in [0.29, 0.717) is 10.8 Å². The molecule has 0 amide bonds. The van der Waals surface area contributed by atoms with Crippen LogP contribution in [0.2, 0.25) is 5.02 Å². The van der Waals surface area contributed by atoms with Gasteiger partial charge in [-0.1, -0.05) is 17.7 Å². The summed E-state index contributed by atoms with van der Waals surface area (Å²) in [6.45, 7) is 2.05. The second-order valence-corrected chi connectivity index (χ2v) is 4.40. The van der Waals surface area contributed by atoms with Crippen molar-refractivity contribution in [3.05, 3.63) is 33.6 Å². The molecule has 0 aliphatic heterocycles. The lowest BCUT2D eigenvalue weighted by molar-refractivity contribution is 0.581. The van der Waals surface area contributed by atoms with E-state index in [1.807, 2.05) is 18.4 Å². The van der Waals surface area contributed by atoms with Crippen LogP contribution in [0.3, 0.4) is 0 Å². The molecule has 0 saturated carbocycles. The molecule has 1 unspecified atom stereocenters. The first-order valence-corrected chi connectivity index (χ1v) is 5.48. The van der Waals surface area contributed by atoms with Crippen molar-refractivity contribution in [2.24, 2.45) is 0 Å². The highest BCUT2D eigenvalue weighted by Crippen LogP contribution is 2.27. The Morgan fingerprint density at radius 2 is 2.43 bits per heavy atom. The van der Waals surface area contributed by atoms with Gasteiger partial charge in [-0.25, -0.2) is 4.68 Å². The van der Waals surface area contributed by atoms with E-state index in [0.717, 1.165) is 0 Å². The molecule has 0 aliphatic rings. The first kappa shape index (κ1) is 9.55. The fourth-order valence-electron chi connectivity index (χ4n) is 1.31. The Kier molecular flexibility index (Phi) is 2.48. The van der Waals surface area contributed by atoms with E-state index in [4.69, 9.17) is 17.3 Å². The number of nitrogens with zero attached hydrogens (tertiary/aromatic N) is 2. The molecule has 2 N–H and O–H groups in total. The fraction of sp³-hybridized carbons (Fsp3) is 0.222. The minimum atomic E-state index is 0.141. The van der Waals surface area contributed by atoms with Crippen LogP contribution in [0.15, 0.2) is 23.7 Å². The molecule has 1 atom stereocenters. The fourth-order valence-corrected chi connectivity index (χ4v) is 2.21. The van der Waals surface area contributed by atoms with Crippen LogP contribution in [0.5, 0.6) is 0 Å². The number of halogens is 1. The van der Waals surface area contributed by atoms with Crippen LogP contribution < -0.4 is 5.73 Å². The Bertz CT molecular complexity index is 421. The highest BCUT2D eigenvalue weighted by Gasteiger charge is 2.13. The number of thiophene rings is 1. The molecule has 3 nitrogen and oxygen atoms in total. The highest BCUT2D eigenvalue weighted by molar-refractivity contribution is 7.10. The first-order chi connectivity index (χ1) is 6.70. The SMILES string of the molecule is CC(c1cccs1)n1ncc(Cl)c1N. The zero-order chi connectivity index (χ0) is 10.1. The Labute approximate surface area is 91.1 Å². The van der Waals surface area contributed by atoms with E-state index in [2.05, 4.69) is 11.2 Å². The van der Waals surface area contributed by atoms with Gasteiger partial charge in [0.2, 0.25) is 0 Å². The lowest BCUT2D eigenvalue weighted by Gasteiger charge is -2.11. The van der Waals surface area contributed by atoms with Gasteiger partial charge in [0.15, 0.2) is 0 Å². The van der Waals surface area contributed by atoms with Gasteiger partial charge in [-0.3, -0.25) is 0 Å². The lowest BCUT2D eigenvalue weighted by Crippen LogP contribution is -2.10. The molecule has 2 aromatic heterocycles. The van der Waals surface area contributed by atoms with Crippen molar-refractivity contribution in [1.82, 2.24) is 9.78 Å². The summed E-state index contributed by atoms with van der Waals surface area (Å²) in [7, 11) is 0. The maximum absolute atomic E-state index is 5.83. The van der Waals surface area contributed by atoms with Crippen molar-refractivity contribution < 1.29 is 0 Å². The number of aromatic nitrogens is 2. The predicted molar refractivity (Wildman–Crippen MR) is 59.8 cm³/mol. The number of hydrogen-bond acceptors (Lipinski definition) is 3. The van der Waals surface area contributed by atoms with Crippen molar-refractivity contribution in [2.45, 2.75) is 13.0 Å². The van der Waals surface area contributed by atoms with Crippen LogP contribution in [0.1, 0.15) is 17.8 Å². The summed E-state index contributed by atoms with van der Waals surface area (Å²) in [5, 5.41) is 6.68. The Morgan fingerprint density at radius 3 is 2.93 bits per heavy atom. The zero-order valence-corrected chi connectivity index (χ0v) is 9.22. The second kappa shape index (κ2) is 3.63. The van der Waals surface area contributed by atoms with Crippen molar-refractivity contribution in [3.8, 4) is 0 Å². The molecule has 0 radical (unpaired) electrons. The van der Waals surface area contributed by atoms with Gasteiger partial charge in [0.25, 0.3) is 0 Å². The molecular weight excluding hydrogens is 218 g/mol. The van der Waals surface area contributed by atoms with E-state index in [9.17, 15) is 0 Å². The monoisotopic (exact) mass is 227 g/mol. The number of anilines is 1. The van der Waals surface area contributed by atoms with Gasteiger partial charge < -0.3 is 5.73 Å². The molecule has 2 rings (SSSR count). The third-order valence-corrected chi connectivity index (χ3v) is 3.44. The van der Waals surface area contributed by atoms with Gasteiger partial charge in [-0.2, -0.15) is 5.10 Å². The van der Waals surface area contributed by atoms with Crippen LogP contribution >= 0.6 is 22.9 Å². The average Bonchev–Trinajstić information content (AvgIpc) is 2.77. The van der Waals surface area contributed by atoms with Crippen molar-refractivity contribution >= 4 is 28.8 Å². The normalized spacial score (nSPS) is 13.0. The number of hydrogen-bond donors (Lipinski definition) is 1. The molecule has 0 fully saturated rings. The summed E-state index contributed by atoms with van der Waals surface area (Å²) in [5.41, 5.74) is 5.78. The van der Waals surface area contributed by atoms with Crippen molar-refractivity contribution in [1.29, 1.82) is 0 Å².